The van der Waals surface area contributed by atoms with Crippen molar-refractivity contribution in [3.05, 3.63) is 28.8 Å². The zero-order chi connectivity index (χ0) is 14.8. The van der Waals surface area contributed by atoms with E-state index in [9.17, 15) is 4.79 Å². The summed E-state index contributed by atoms with van der Waals surface area (Å²) in [6, 6.07) is 7.61. The number of hydrogen-bond acceptors (Lipinski definition) is 3. The van der Waals surface area contributed by atoms with Gasteiger partial charge in [0.2, 0.25) is 5.91 Å². The van der Waals surface area contributed by atoms with E-state index < -0.39 is 0 Å². The van der Waals surface area contributed by atoms with Crippen LogP contribution in [0.5, 0.6) is 0 Å². The van der Waals surface area contributed by atoms with Crippen LogP contribution in [0.4, 0.5) is 5.69 Å². The Kier molecular flexibility index (Phi) is 4.03. The lowest BCUT2D eigenvalue weighted by Crippen LogP contribution is -2.36. The summed E-state index contributed by atoms with van der Waals surface area (Å²) in [6.07, 6.45) is 3.09. The van der Waals surface area contributed by atoms with E-state index in [1.807, 2.05) is 17.0 Å². The van der Waals surface area contributed by atoms with Gasteiger partial charge in [0.05, 0.1) is 10.6 Å². The monoisotopic (exact) mass is 303 g/mol. The van der Waals surface area contributed by atoms with E-state index in [-0.39, 0.29) is 0 Å². The Hall–Kier alpha value is -1.73. The average molecular weight is 304 g/mol. The van der Waals surface area contributed by atoms with Crippen LogP contribution >= 0.6 is 11.6 Å². The van der Waals surface area contributed by atoms with E-state index in [1.165, 1.54) is 0 Å². The van der Waals surface area contributed by atoms with Crippen molar-refractivity contribution in [1.82, 2.24) is 4.90 Å². The van der Waals surface area contributed by atoms with Crippen molar-refractivity contribution in [1.29, 1.82) is 5.26 Å². The maximum atomic E-state index is 12.1. The van der Waals surface area contributed by atoms with Gasteiger partial charge in [-0.05, 0) is 37.5 Å². The SMILES string of the molecule is N#Cc1ccc(N2CCCN(C(=O)C3CC3)CC2)cc1Cl. The van der Waals surface area contributed by atoms with Gasteiger partial charge >= 0.3 is 0 Å². The highest BCUT2D eigenvalue weighted by Crippen LogP contribution is 2.31. The second kappa shape index (κ2) is 5.95. The number of amides is 1. The Morgan fingerprint density at radius 3 is 2.71 bits per heavy atom. The van der Waals surface area contributed by atoms with E-state index in [0.717, 1.165) is 51.1 Å². The van der Waals surface area contributed by atoms with Crippen molar-refractivity contribution in [2.45, 2.75) is 19.3 Å². The molecule has 0 unspecified atom stereocenters. The molecule has 0 radical (unpaired) electrons. The summed E-state index contributed by atoms with van der Waals surface area (Å²) in [5.74, 6) is 0.621. The minimum absolute atomic E-state index is 0.293. The van der Waals surface area contributed by atoms with Gasteiger partial charge in [0.15, 0.2) is 0 Å². The van der Waals surface area contributed by atoms with Crippen LogP contribution in [0, 0.1) is 17.2 Å². The van der Waals surface area contributed by atoms with Gasteiger partial charge in [-0.25, -0.2) is 0 Å². The third-order valence-electron chi connectivity index (χ3n) is 4.17. The molecule has 0 atom stereocenters. The predicted octanol–water partition coefficient (Wildman–Crippen LogP) is 2.66. The van der Waals surface area contributed by atoms with Gasteiger partial charge in [-0.2, -0.15) is 5.26 Å². The van der Waals surface area contributed by atoms with E-state index in [4.69, 9.17) is 16.9 Å². The minimum atomic E-state index is 0.293. The molecule has 1 heterocycles. The maximum Gasteiger partial charge on any atom is 0.225 e. The Bertz CT molecular complexity index is 592. The third kappa shape index (κ3) is 3.14. The highest BCUT2D eigenvalue weighted by Gasteiger charge is 2.33. The van der Waals surface area contributed by atoms with Gasteiger partial charge in [0.25, 0.3) is 0 Å². The topological polar surface area (TPSA) is 47.3 Å². The van der Waals surface area contributed by atoms with Gasteiger partial charge in [-0.1, -0.05) is 11.6 Å². The molecule has 0 spiro atoms. The summed E-state index contributed by atoms with van der Waals surface area (Å²) in [7, 11) is 0. The largest absolute Gasteiger partial charge is 0.370 e. The van der Waals surface area contributed by atoms with E-state index in [1.54, 1.807) is 6.07 Å². The van der Waals surface area contributed by atoms with Crippen LogP contribution in [0.25, 0.3) is 0 Å². The first-order valence-corrected chi connectivity index (χ1v) is 7.80. The predicted molar refractivity (Wildman–Crippen MR) is 82.3 cm³/mol. The van der Waals surface area contributed by atoms with Crippen LogP contribution in [0.2, 0.25) is 5.02 Å². The van der Waals surface area contributed by atoms with E-state index in [2.05, 4.69) is 11.0 Å². The number of benzene rings is 1. The number of hydrogen-bond donors (Lipinski definition) is 0. The highest BCUT2D eigenvalue weighted by molar-refractivity contribution is 6.32. The second-order valence-corrected chi connectivity index (χ2v) is 6.12. The molecule has 5 heteroatoms. The van der Waals surface area contributed by atoms with Crippen molar-refractivity contribution >= 4 is 23.2 Å². The van der Waals surface area contributed by atoms with Gasteiger partial charge in [-0.15, -0.1) is 0 Å². The van der Waals surface area contributed by atoms with E-state index in [0.29, 0.717) is 22.4 Å². The molecular formula is C16H18ClN3O. The zero-order valence-electron chi connectivity index (χ0n) is 11.9. The molecule has 3 rings (SSSR count). The molecule has 1 aliphatic heterocycles. The van der Waals surface area contributed by atoms with Crippen molar-refractivity contribution in [2.24, 2.45) is 5.92 Å². The van der Waals surface area contributed by atoms with Crippen LogP contribution in [-0.2, 0) is 4.79 Å². The Morgan fingerprint density at radius 1 is 1.24 bits per heavy atom. The summed E-state index contributed by atoms with van der Waals surface area (Å²) >= 11 is 6.10. The van der Waals surface area contributed by atoms with Crippen LogP contribution in [0.1, 0.15) is 24.8 Å². The molecule has 1 aliphatic carbocycles. The summed E-state index contributed by atoms with van der Waals surface area (Å²) in [5, 5.41) is 9.42. The number of nitriles is 1. The smallest absolute Gasteiger partial charge is 0.225 e. The molecule has 1 saturated heterocycles. The fraction of sp³-hybridized carbons (Fsp3) is 0.500. The first-order chi connectivity index (χ1) is 10.2. The number of carbonyl (C=O) groups is 1. The number of rotatable bonds is 2. The fourth-order valence-corrected chi connectivity index (χ4v) is 2.99. The molecule has 110 valence electrons. The lowest BCUT2D eigenvalue weighted by molar-refractivity contribution is -0.132. The molecule has 0 N–H and O–H groups in total. The lowest BCUT2D eigenvalue weighted by Gasteiger charge is -2.24. The van der Waals surface area contributed by atoms with E-state index >= 15 is 0 Å². The van der Waals surface area contributed by atoms with Crippen LogP contribution < -0.4 is 4.90 Å². The number of nitrogens with zero attached hydrogens (tertiary/aromatic N) is 3. The van der Waals surface area contributed by atoms with Gasteiger partial charge in [0.1, 0.15) is 6.07 Å². The first-order valence-electron chi connectivity index (χ1n) is 7.42. The van der Waals surface area contributed by atoms with Crippen LogP contribution in [0.15, 0.2) is 18.2 Å². The molecule has 2 aliphatic rings. The molecule has 4 nitrogen and oxygen atoms in total. The van der Waals surface area contributed by atoms with Gasteiger partial charge in [-0.3, -0.25) is 4.79 Å². The molecule has 21 heavy (non-hydrogen) atoms. The molecule has 0 aromatic heterocycles. The summed E-state index contributed by atoms with van der Waals surface area (Å²) < 4.78 is 0. The molecule has 1 saturated carbocycles. The first kappa shape index (κ1) is 14.2. The minimum Gasteiger partial charge on any atom is -0.370 e. The van der Waals surface area contributed by atoms with Crippen molar-refractivity contribution in [3.8, 4) is 6.07 Å². The third-order valence-corrected chi connectivity index (χ3v) is 4.49. The molecular weight excluding hydrogens is 286 g/mol. The number of carbonyl (C=O) groups excluding carboxylic acids is 1. The van der Waals surface area contributed by atoms with Crippen molar-refractivity contribution in [2.75, 3.05) is 31.1 Å². The fourth-order valence-electron chi connectivity index (χ4n) is 2.78. The highest BCUT2D eigenvalue weighted by atomic mass is 35.5. The van der Waals surface area contributed by atoms with Gasteiger partial charge in [0, 0.05) is 37.8 Å². The maximum absolute atomic E-state index is 12.1. The second-order valence-electron chi connectivity index (χ2n) is 5.72. The number of halogens is 1. The molecule has 0 bridgehead atoms. The molecule has 2 fully saturated rings. The normalized spacial score (nSPS) is 19.0. The molecule has 1 aromatic rings. The Balaban J connectivity index is 1.68. The Morgan fingerprint density at radius 2 is 2.05 bits per heavy atom. The average Bonchev–Trinajstić information content (AvgIpc) is 3.33. The summed E-state index contributed by atoms with van der Waals surface area (Å²) in [6.45, 7) is 3.35. The molecule has 1 aromatic carbocycles. The lowest BCUT2D eigenvalue weighted by atomic mass is 10.2. The Labute approximate surface area is 129 Å². The number of anilines is 1. The van der Waals surface area contributed by atoms with Gasteiger partial charge < -0.3 is 9.80 Å². The van der Waals surface area contributed by atoms with Crippen molar-refractivity contribution in [3.63, 3.8) is 0 Å². The summed E-state index contributed by atoms with van der Waals surface area (Å²) in [4.78, 5) is 16.4. The molecule has 1 amide bonds. The quantitative estimate of drug-likeness (QED) is 0.844. The van der Waals surface area contributed by atoms with Crippen LogP contribution in [0.3, 0.4) is 0 Å². The van der Waals surface area contributed by atoms with Crippen LogP contribution in [-0.4, -0.2) is 37.0 Å². The van der Waals surface area contributed by atoms with Crippen molar-refractivity contribution < 1.29 is 4.79 Å². The standard InChI is InChI=1S/C16H18ClN3O/c17-15-10-14(5-4-13(15)11-18)19-6-1-7-20(9-8-19)16(21)12-2-3-12/h4-5,10,12H,1-3,6-9H2. The summed E-state index contributed by atoms with van der Waals surface area (Å²) in [5.41, 5.74) is 1.53. The zero-order valence-corrected chi connectivity index (χ0v) is 12.6.